The zero-order valence-corrected chi connectivity index (χ0v) is 23.7. The molecule has 0 radical (unpaired) electrons. The third-order valence-electron chi connectivity index (χ3n) is 7.32. The molecule has 0 saturated carbocycles. The van der Waals surface area contributed by atoms with Crippen LogP contribution in [0.1, 0.15) is 50.2 Å². The third kappa shape index (κ3) is 5.28. The van der Waals surface area contributed by atoms with Crippen LogP contribution in [0.15, 0.2) is 65.0 Å². The Morgan fingerprint density at radius 2 is 1.62 bits per heavy atom. The van der Waals surface area contributed by atoms with Gasteiger partial charge in [-0.15, -0.1) is 0 Å². The number of Topliss-reactive ketones (excluding diaryl/α,β-unsaturated/α-hetero) is 1. The van der Waals surface area contributed by atoms with Crippen LogP contribution in [-0.4, -0.2) is 52.3 Å². The van der Waals surface area contributed by atoms with Crippen molar-refractivity contribution in [3.05, 3.63) is 76.1 Å². The Morgan fingerprint density at radius 1 is 0.925 bits per heavy atom. The van der Waals surface area contributed by atoms with E-state index in [1.807, 2.05) is 18.2 Å². The molecule has 0 spiro atoms. The number of esters is 2. The summed E-state index contributed by atoms with van der Waals surface area (Å²) in [4.78, 5) is 41.3. The predicted octanol–water partition coefficient (Wildman–Crippen LogP) is 4.43. The minimum atomic E-state index is -1.13. The molecule has 2 aromatic carbocycles. The summed E-state index contributed by atoms with van der Waals surface area (Å²) >= 11 is 0. The number of allylic oxidation sites excluding steroid dienone is 3. The zero-order valence-electron chi connectivity index (χ0n) is 23.7. The average Bonchev–Trinajstić information content (AvgIpc) is 2.96. The highest BCUT2D eigenvalue weighted by atomic mass is 16.5. The monoisotopic (exact) mass is 549 g/mol. The second-order valence-electron chi connectivity index (χ2n) is 9.50. The van der Waals surface area contributed by atoms with Crippen molar-refractivity contribution in [2.45, 2.75) is 39.0 Å². The molecule has 0 aromatic heterocycles. The molecule has 2 aromatic rings. The smallest absolute Gasteiger partial charge is 0.336 e. The Bertz CT molecular complexity index is 1380. The average molecular weight is 550 g/mol. The maximum absolute atomic E-state index is 14.5. The maximum atomic E-state index is 14.5. The highest BCUT2D eigenvalue weighted by Crippen LogP contribution is 2.50. The van der Waals surface area contributed by atoms with E-state index in [1.54, 1.807) is 52.1 Å². The van der Waals surface area contributed by atoms with Crippen molar-refractivity contribution in [3.63, 3.8) is 0 Å². The number of methoxy groups -OCH3 is 3. The van der Waals surface area contributed by atoms with Crippen LogP contribution in [0, 0.1) is 5.92 Å². The molecule has 40 heavy (non-hydrogen) atoms. The first-order chi connectivity index (χ1) is 19.3. The number of hydrogen-bond donors (Lipinski definition) is 1. The lowest BCUT2D eigenvalue weighted by atomic mass is 9.67. The number of ether oxygens (including phenoxy) is 5. The first-order valence-electron chi connectivity index (χ1n) is 13.2. The standard InChI is InChI=1S/C31H35NO8/c1-7-39-30(34)25-17(3)32-23-16-21(18-10-9-11-19(14-18)36-4)27(31(35)40-8-2)29(33)28(23)26(25)22-15-20(37-5)12-13-24(22)38-6/h9-15,21,26-27,32H,7-8,16H2,1-6H3/t21-,26+,27-/m1/s1. The number of dihydropyridines is 1. The van der Waals surface area contributed by atoms with Gasteiger partial charge in [0.25, 0.3) is 0 Å². The fourth-order valence-corrected chi connectivity index (χ4v) is 5.58. The van der Waals surface area contributed by atoms with Gasteiger partial charge in [-0.3, -0.25) is 9.59 Å². The van der Waals surface area contributed by atoms with Gasteiger partial charge in [-0.25, -0.2) is 4.79 Å². The van der Waals surface area contributed by atoms with E-state index in [0.29, 0.717) is 46.2 Å². The van der Waals surface area contributed by atoms with Gasteiger partial charge in [0.05, 0.1) is 46.0 Å². The first-order valence-corrected chi connectivity index (χ1v) is 13.2. The van der Waals surface area contributed by atoms with Gasteiger partial charge in [0.2, 0.25) is 0 Å². The minimum absolute atomic E-state index is 0.123. The highest BCUT2D eigenvalue weighted by Gasteiger charge is 2.49. The number of hydrogen-bond acceptors (Lipinski definition) is 9. The number of rotatable bonds is 9. The molecule has 1 N–H and O–H groups in total. The van der Waals surface area contributed by atoms with Gasteiger partial charge in [0.1, 0.15) is 23.2 Å². The van der Waals surface area contributed by atoms with Gasteiger partial charge in [-0.2, -0.15) is 0 Å². The molecule has 0 saturated heterocycles. The quantitative estimate of drug-likeness (QED) is 0.359. The summed E-state index contributed by atoms with van der Waals surface area (Å²) in [5, 5.41) is 3.31. The van der Waals surface area contributed by atoms with E-state index in [1.165, 1.54) is 14.2 Å². The Hall–Kier alpha value is -4.27. The van der Waals surface area contributed by atoms with Crippen LogP contribution < -0.4 is 19.5 Å². The van der Waals surface area contributed by atoms with Gasteiger partial charge in [-0.05, 0) is 63.1 Å². The minimum Gasteiger partial charge on any atom is -0.497 e. The van der Waals surface area contributed by atoms with E-state index in [2.05, 4.69) is 5.32 Å². The van der Waals surface area contributed by atoms with Crippen LogP contribution in [0.2, 0.25) is 0 Å². The van der Waals surface area contributed by atoms with Crippen LogP contribution in [0.25, 0.3) is 0 Å². The summed E-state index contributed by atoms with van der Waals surface area (Å²) in [6.07, 6.45) is 0.327. The second kappa shape index (κ2) is 12.3. The van der Waals surface area contributed by atoms with Crippen molar-refractivity contribution in [1.82, 2.24) is 5.32 Å². The van der Waals surface area contributed by atoms with Gasteiger partial charge in [0.15, 0.2) is 5.78 Å². The van der Waals surface area contributed by atoms with Crippen LogP contribution >= 0.6 is 0 Å². The third-order valence-corrected chi connectivity index (χ3v) is 7.32. The molecule has 212 valence electrons. The van der Waals surface area contributed by atoms with Gasteiger partial charge in [0, 0.05) is 28.4 Å². The largest absolute Gasteiger partial charge is 0.497 e. The fourth-order valence-electron chi connectivity index (χ4n) is 5.58. The van der Waals surface area contributed by atoms with E-state index in [-0.39, 0.29) is 18.8 Å². The van der Waals surface area contributed by atoms with E-state index >= 15 is 0 Å². The van der Waals surface area contributed by atoms with E-state index < -0.39 is 35.5 Å². The topological polar surface area (TPSA) is 109 Å². The highest BCUT2D eigenvalue weighted by molar-refractivity contribution is 6.13. The van der Waals surface area contributed by atoms with Gasteiger partial charge < -0.3 is 29.0 Å². The van der Waals surface area contributed by atoms with Crippen LogP contribution in [-0.2, 0) is 23.9 Å². The normalized spacial score (nSPS) is 20.4. The SMILES string of the molecule is CCOC(=O)C1=C(C)NC2=C(C(=O)[C@H](C(=O)OCC)[C@@H](c3cccc(OC)c3)C2)[C@H]1c1cc(OC)ccc1OC. The van der Waals surface area contributed by atoms with Gasteiger partial charge in [-0.1, -0.05) is 12.1 Å². The molecular weight excluding hydrogens is 514 g/mol. The molecule has 9 heteroatoms. The predicted molar refractivity (Wildman–Crippen MR) is 147 cm³/mol. The van der Waals surface area contributed by atoms with Crippen LogP contribution in [0.4, 0.5) is 0 Å². The molecule has 0 amide bonds. The molecular formula is C31H35NO8. The Morgan fingerprint density at radius 3 is 2.27 bits per heavy atom. The van der Waals surface area contributed by atoms with Crippen LogP contribution in [0.3, 0.4) is 0 Å². The van der Waals surface area contributed by atoms with Crippen molar-refractivity contribution in [2.75, 3.05) is 34.5 Å². The molecule has 1 heterocycles. The molecule has 4 rings (SSSR count). The first kappa shape index (κ1) is 28.7. The molecule has 2 aliphatic rings. The Kier molecular flexibility index (Phi) is 8.82. The summed E-state index contributed by atoms with van der Waals surface area (Å²) in [6.45, 7) is 5.47. The number of ketones is 1. The van der Waals surface area contributed by atoms with Crippen LogP contribution in [0.5, 0.6) is 17.2 Å². The second-order valence-corrected chi connectivity index (χ2v) is 9.50. The molecule has 9 nitrogen and oxygen atoms in total. The summed E-state index contributed by atoms with van der Waals surface area (Å²) in [5.74, 6) is -2.52. The summed E-state index contributed by atoms with van der Waals surface area (Å²) < 4.78 is 27.4. The maximum Gasteiger partial charge on any atom is 0.336 e. The zero-order chi connectivity index (χ0) is 29.0. The van der Waals surface area contributed by atoms with E-state index in [4.69, 9.17) is 23.7 Å². The van der Waals surface area contributed by atoms with Crippen molar-refractivity contribution in [1.29, 1.82) is 0 Å². The number of carbonyl (C=O) groups excluding carboxylic acids is 3. The summed E-state index contributed by atoms with van der Waals surface area (Å²) in [6, 6.07) is 12.5. The van der Waals surface area contributed by atoms with Crippen molar-refractivity contribution < 1.29 is 38.1 Å². The van der Waals surface area contributed by atoms with Crippen molar-refractivity contribution >= 4 is 17.7 Å². The summed E-state index contributed by atoms with van der Waals surface area (Å²) in [5.41, 5.74) is 3.07. The van der Waals surface area contributed by atoms with Crippen molar-refractivity contribution in [2.24, 2.45) is 5.92 Å². The van der Waals surface area contributed by atoms with Crippen molar-refractivity contribution in [3.8, 4) is 17.2 Å². The molecule has 1 aliphatic heterocycles. The molecule has 0 bridgehead atoms. The number of carbonyl (C=O) groups is 3. The molecule has 0 unspecified atom stereocenters. The molecule has 3 atom stereocenters. The molecule has 1 aliphatic carbocycles. The fraction of sp³-hybridized carbons (Fsp3) is 0.387. The Balaban J connectivity index is 1.96. The van der Waals surface area contributed by atoms with Gasteiger partial charge >= 0.3 is 11.9 Å². The lowest BCUT2D eigenvalue weighted by Crippen LogP contribution is -2.43. The van der Waals surface area contributed by atoms with E-state index in [0.717, 1.165) is 5.56 Å². The Labute approximate surface area is 234 Å². The number of nitrogens with one attached hydrogen (secondary N) is 1. The lowest BCUT2D eigenvalue weighted by Gasteiger charge is -2.39. The lowest BCUT2D eigenvalue weighted by molar-refractivity contribution is -0.152. The van der Waals surface area contributed by atoms with E-state index in [9.17, 15) is 14.4 Å². The molecule has 0 fully saturated rings. The number of benzene rings is 2. The summed E-state index contributed by atoms with van der Waals surface area (Å²) in [7, 11) is 4.62.